The molecule has 0 amide bonds. The summed E-state index contributed by atoms with van der Waals surface area (Å²) in [5.74, 6) is 0. The number of rotatable bonds is 4. The van der Waals surface area contributed by atoms with Gasteiger partial charge in [0.1, 0.15) is 22.7 Å². The highest BCUT2D eigenvalue weighted by Gasteiger charge is 2.17. The van der Waals surface area contributed by atoms with Crippen LogP contribution in [0.2, 0.25) is 0 Å². The fourth-order valence-corrected chi connectivity index (χ4v) is 2.80. The monoisotopic (exact) mass is 320 g/mol. The van der Waals surface area contributed by atoms with Crippen LogP contribution < -0.4 is 10.1 Å². The molecule has 0 saturated heterocycles. The molecule has 4 nitrogen and oxygen atoms in total. The normalized spacial score (nSPS) is 13.5. The molecule has 0 spiro atoms. The quantitative estimate of drug-likeness (QED) is 0.726. The van der Waals surface area contributed by atoms with Gasteiger partial charge in [-0.3, -0.25) is 0 Å². The minimum Gasteiger partial charge on any atom is -0.623 e. The van der Waals surface area contributed by atoms with Gasteiger partial charge in [-0.05, 0) is 38.1 Å². The van der Waals surface area contributed by atoms with Crippen molar-refractivity contribution in [3.8, 4) is 0 Å². The fourth-order valence-electron chi connectivity index (χ4n) is 2.80. The lowest BCUT2D eigenvalue weighted by Gasteiger charge is -2.27. The van der Waals surface area contributed by atoms with Crippen molar-refractivity contribution in [2.45, 2.75) is 13.8 Å². The van der Waals surface area contributed by atoms with E-state index < -0.39 is 0 Å². The summed E-state index contributed by atoms with van der Waals surface area (Å²) in [7, 11) is 0. The summed E-state index contributed by atoms with van der Waals surface area (Å²) in [4.78, 5) is 0. The number of hydrogen-bond acceptors (Lipinski definition) is 2. The molecule has 0 bridgehead atoms. The highest BCUT2D eigenvalue weighted by atomic mass is 16.5. The number of hydrogen-bond donors (Lipinski definition) is 2. The van der Waals surface area contributed by atoms with Gasteiger partial charge < -0.3 is 20.5 Å². The standard InChI is InChI=1S/C20H20N2O2/c1-15-13-20(22(24)18-11-7-4-8-12-18)16(2)14-19(15)21(23)17-9-5-3-6-10-17/h3-14,21-22H,1-2H3. The second-order valence-electron chi connectivity index (χ2n) is 5.87. The highest BCUT2D eigenvalue weighted by molar-refractivity contribution is 5.55. The van der Waals surface area contributed by atoms with Gasteiger partial charge in [0.15, 0.2) is 0 Å². The molecule has 3 aromatic carbocycles. The Labute approximate surface area is 141 Å². The molecule has 0 saturated carbocycles. The van der Waals surface area contributed by atoms with Crippen LogP contribution >= 0.6 is 0 Å². The van der Waals surface area contributed by atoms with Crippen molar-refractivity contribution >= 4 is 22.7 Å². The predicted octanol–water partition coefficient (Wildman–Crippen LogP) is 3.00. The molecule has 3 aromatic rings. The van der Waals surface area contributed by atoms with Crippen molar-refractivity contribution in [2.24, 2.45) is 0 Å². The summed E-state index contributed by atoms with van der Waals surface area (Å²) < 4.78 is 0. The van der Waals surface area contributed by atoms with Crippen molar-refractivity contribution < 1.29 is 10.1 Å². The summed E-state index contributed by atoms with van der Waals surface area (Å²) in [6.45, 7) is 3.74. The van der Waals surface area contributed by atoms with Gasteiger partial charge >= 0.3 is 0 Å². The number of para-hydroxylation sites is 2. The molecule has 0 aromatic heterocycles. The lowest BCUT2D eigenvalue weighted by atomic mass is 10.1. The lowest BCUT2D eigenvalue weighted by Crippen LogP contribution is -2.97. The Kier molecular flexibility index (Phi) is 4.74. The average molecular weight is 320 g/mol. The van der Waals surface area contributed by atoms with Crippen molar-refractivity contribution in [1.82, 2.24) is 0 Å². The number of nitrogens with one attached hydrogen (secondary N) is 2. The maximum absolute atomic E-state index is 12.7. The topological polar surface area (TPSA) is 55.0 Å². The second-order valence-corrected chi connectivity index (χ2v) is 5.87. The van der Waals surface area contributed by atoms with Crippen LogP contribution in [0, 0.1) is 24.3 Å². The number of aryl methyl sites for hydroxylation is 2. The molecule has 2 atom stereocenters. The van der Waals surface area contributed by atoms with E-state index in [1.54, 1.807) is 24.3 Å². The molecule has 0 heterocycles. The van der Waals surface area contributed by atoms with Gasteiger partial charge in [0.2, 0.25) is 0 Å². The Morgan fingerprint density at radius 1 is 0.583 bits per heavy atom. The molecule has 4 heteroatoms. The maximum atomic E-state index is 12.7. The van der Waals surface area contributed by atoms with E-state index in [4.69, 9.17) is 0 Å². The van der Waals surface area contributed by atoms with Crippen molar-refractivity contribution in [2.75, 3.05) is 0 Å². The molecule has 24 heavy (non-hydrogen) atoms. The van der Waals surface area contributed by atoms with Gasteiger partial charge in [-0.1, -0.05) is 36.4 Å². The number of benzene rings is 3. The summed E-state index contributed by atoms with van der Waals surface area (Å²) in [5.41, 5.74) is 4.22. The van der Waals surface area contributed by atoms with Gasteiger partial charge in [0.25, 0.3) is 0 Å². The molecule has 2 unspecified atom stereocenters. The lowest BCUT2D eigenvalue weighted by molar-refractivity contribution is -0.702. The average Bonchev–Trinajstić information content (AvgIpc) is 2.63. The molecule has 3 rings (SSSR count). The zero-order chi connectivity index (χ0) is 17.1. The fraction of sp³-hybridized carbons (Fsp3) is 0.100. The third-order valence-electron chi connectivity index (χ3n) is 4.13. The first-order valence-corrected chi connectivity index (χ1v) is 7.88. The van der Waals surface area contributed by atoms with Crippen molar-refractivity contribution in [3.05, 3.63) is 94.3 Å². The third kappa shape index (κ3) is 3.22. The summed E-state index contributed by atoms with van der Waals surface area (Å²) in [6.07, 6.45) is 0. The molecular weight excluding hydrogens is 300 g/mol. The van der Waals surface area contributed by atoms with E-state index in [-0.39, 0.29) is 10.1 Å². The van der Waals surface area contributed by atoms with Crippen LogP contribution in [-0.2, 0) is 0 Å². The Morgan fingerprint density at radius 3 is 1.25 bits per heavy atom. The molecule has 0 aliphatic heterocycles. The summed E-state index contributed by atoms with van der Waals surface area (Å²) in [6, 6.07) is 22.0. The van der Waals surface area contributed by atoms with Gasteiger partial charge in [-0.25, -0.2) is 0 Å². The van der Waals surface area contributed by atoms with Gasteiger partial charge in [-0.2, -0.15) is 0 Å². The van der Waals surface area contributed by atoms with E-state index in [9.17, 15) is 10.4 Å². The molecule has 0 aliphatic carbocycles. The predicted molar refractivity (Wildman–Crippen MR) is 96.1 cm³/mol. The van der Waals surface area contributed by atoms with Crippen molar-refractivity contribution in [1.29, 1.82) is 0 Å². The van der Waals surface area contributed by atoms with Crippen molar-refractivity contribution in [3.63, 3.8) is 0 Å². The summed E-state index contributed by atoms with van der Waals surface area (Å²) in [5, 5.41) is 25.3. The smallest absolute Gasteiger partial charge is 0.139 e. The van der Waals surface area contributed by atoms with Crippen LogP contribution in [0.5, 0.6) is 0 Å². The van der Waals surface area contributed by atoms with Crippen LogP contribution in [-0.4, -0.2) is 0 Å². The van der Waals surface area contributed by atoms with Crippen LogP contribution in [0.15, 0.2) is 72.8 Å². The first kappa shape index (κ1) is 16.4. The van der Waals surface area contributed by atoms with Gasteiger partial charge in [0.05, 0.1) is 0 Å². The second kappa shape index (κ2) is 6.95. The minimum atomic E-state index is -0.0186. The van der Waals surface area contributed by atoms with E-state index in [1.807, 2.05) is 62.4 Å². The van der Waals surface area contributed by atoms with Crippen LogP contribution in [0.1, 0.15) is 11.1 Å². The Hall–Kier alpha value is -2.50. The van der Waals surface area contributed by atoms with E-state index in [1.165, 1.54) is 0 Å². The molecule has 0 aliphatic rings. The molecular formula is C20H20N2O2. The maximum Gasteiger partial charge on any atom is 0.139 e. The molecule has 122 valence electrons. The van der Waals surface area contributed by atoms with E-state index in [0.717, 1.165) is 11.1 Å². The van der Waals surface area contributed by atoms with Gasteiger partial charge in [-0.15, -0.1) is 0 Å². The SMILES string of the molecule is Cc1cc([NH+]([O-])c2ccccc2)c(C)cc1[NH+]([O-])c1ccccc1. The molecule has 0 fully saturated rings. The zero-order valence-corrected chi connectivity index (χ0v) is 13.7. The van der Waals surface area contributed by atoms with E-state index >= 15 is 0 Å². The third-order valence-corrected chi connectivity index (χ3v) is 4.13. The Balaban J connectivity index is 1.97. The van der Waals surface area contributed by atoms with E-state index in [2.05, 4.69) is 0 Å². The number of quaternary nitrogens is 2. The van der Waals surface area contributed by atoms with Crippen LogP contribution in [0.4, 0.5) is 22.7 Å². The van der Waals surface area contributed by atoms with Gasteiger partial charge in [0, 0.05) is 23.3 Å². The Bertz CT molecular complexity index is 749. The Morgan fingerprint density at radius 2 is 0.917 bits per heavy atom. The van der Waals surface area contributed by atoms with Crippen LogP contribution in [0.25, 0.3) is 0 Å². The first-order valence-electron chi connectivity index (χ1n) is 7.88. The minimum absolute atomic E-state index is 0.0186. The van der Waals surface area contributed by atoms with E-state index in [0.29, 0.717) is 22.7 Å². The highest BCUT2D eigenvalue weighted by Crippen LogP contribution is 2.22. The molecule has 2 N–H and O–H groups in total. The largest absolute Gasteiger partial charge is 0.623 e. The zero-order valence-electron chi connectivity index (χ0n) is 13.7. The van der Waals surface area contributed by atoms with Crippen LogP contribution in [0.3, 0.4) is 0 Å². The first-order chi connectivity index (χ1) is 11.6. The molecule has 0 radical (unpaired) electrons. The summed E-state index contributed by atoms with van der Waals surface area (Å²) >= 11 is 0.